The van der Waals surface area contributed by atoms with Crippen molar-refractivity contribution < 1.29 is 62.5 Å². The number of hydrogen-bond acceptors (Lipinski definition) is 5. The van der Waals surface area contributed by atoms with Gasteiger partial charge in [-0.1, -0.05) is 90.0 Å². The van der Waals surface area contributed by atoms with Gasteiger partial charge in [-0.2, -0.15) is 0 Å². The van der Waals surface area contributed by atoms with Crippen LogP contribution in [-0.4, -0.2) is 42.2 Å². The Balaban J connectivity index is 0.00000800. The van der Waals surface area contributed by atoms with Gasteiger partial charge in [-0.15, -0.1) is 0 Å². The fourth-order valence-electron chi connectivity index (χ4n) is 5.23. The van der Waals surface area contributed by atoms with Gasteiger partial charge in [0, 0.05) is 19.0 Å². The quantitative estimate of drug-likeness (QED) is 0.130. The summed E-state index contributed by atoms with van der Waals surface area (Å²) in [5.41, 5.74) is 0.172. The minimum Gasteiger partial charge on any atom is -0.546 e. The summed E-state index contributed by atoms with van der Waals surface area (Å²) in [6.45, 7) is 8.74. The molecule has 0 aliphatic heterocycles. The molecule has 256 valence electrons. The SMILES string of the molecule is CCCCCCCCCCN(CCOc1ccc(CC(C)(Oc2ccc(C(C)C)cc2)C(=O)[O-])cc1)C(=O)Nc1ccc(F)cc1F.[Na+]. The predicted molar refractivity (Wildman–Crippen MR) is 180 cm³/mol. The third kappa shape index (κ3) is 13.8. The largest absolute Gasteiger partial charge is 1.00 e. The van der Waals surface area contributed by atoms with Crippen LogP contribution in [0.5, 0.6) is 11.5 Å². The minimum atomic E-state index is -1.59. The number of unbranched alkanes of at least 4 members (excludes halogenated alkanes) is 7. The van der Waals surface area contributed by atoms with Crippen LogP contribution in [0.3, 0.4) is 0 Å². The van der Waals surface area contributed by atoms with Gasteiger partial charge in [0.15, 0.2) is 0 Å². The molecule has 1 N–H and O–H groups in total. The molecular formula is C38H49F2N2NaO5. The van der Waals surface area contributed by atoms with Crippen LogP contribution < -0.4 is 49.5 Å². The van der Waals surface area contributed by atoms with Crippen LogP contribution in [0.25, 0.3) is 0 Å². The first-order valence-corrected chi connectivity index (χ1v) is 16.7. The van der Waals surface area contributed by atoms with Gasteiger partial charge >= 0.3 is 35.6 Å². The van der Waals surface area contributed by atoms with Crippen LogP contribution in [0, 0.1) is 11.6 Å². The van der Waals surface area contributed by atoms with Crippen LogP contribution in [-0.2, 0) is 11.2 Å². The topological polar surface area (TPSA) is 90.9 Å². The maximum absolute atomic E-state index is 14.2. The monoisotopic (exact) mass is 674 g/mol. The number of aliphatic carboxylic acids is 1. The average Bonchev–Trinajstić information content (AvgIpc) is 3.03. The molecule has 0 saturated carbocycles. The summed E-state index contributed by atoms with van der Waals surface area (Å²) in [7, 11) is 0. The van der Waals surface area contributed by atoms with Crippen molar-refractivity contribution >= 4 is 17.7 Å². The number of halogens is 2. The van der Waals surface area contributed by atoms with Crippen LogP contribution in [0.2, 0.25) is 0 Å². The van der Waals surface area contributed by atoms with E-state index < -0.39 is 29.2 Å². The fourth-order valence-corrected chi connectivity index (χ4v) is 5.23. The number of carboxylic acid groups (broad SMARTS) is 1. The molecule has 2 amide bonds. The zero-order chi connectivity index (χ0) is 34.2. The van der Waals surface area contributed by atoms with E-state index in [1.807, 2.05) is 12.1 Å². The zero-order valence-electron chi connectivity index (χ0n) is 29.2. The number of benzene rings is 3. The van der Waals surface area contributed by atoms with Crippen LogP contribution in [0.1, 0.15) is 96.1 Å². The third-order valence-corrected chi connectivity index (χ3v) is 8.16. The van der Waals surface area contributed by atoms with E-state index in [-0.39, 0.29) is 54.8 Å². The summed E-state index contributed by atoms with van der Waals surface area (Å²) in [5.74, 6) is -1.54. The second-order valence-corrected chi connectivity index (χ2v) is 12.5. The molecule has 0 aliphatic carbocycles. The summed E-state index contributed by atoms with van der Waals surface area (Å²) >= 11 is 0. The van der Waals surface area contributed by atoms with Crippen molar-refractivity contribution in [3.63, 3.8) is 0 Å². The number of ether oxygens (including phenoxy) is 2. The van der Waals surface area contributed by atoms with Crippen LogP contribution >= 0.6 is 0 Å². The molecule has 0 saturated heterocycles. The molecule has 10 heteroatoms. The van der Waals surface area contributed by atoms with E-state index in [1.165, 1.54) is 38.7 Å². The second-order valence-electron chi connectivity index (χ2n) is 12.5. The molecule has 0 bridgehead atoms. The van der Waals surface area contributed by atoms with Crippen molar-refractivity contribution in [2.24, 2.45) is 0 Å². The van der Waals surface area contributed by atoms with E-state index in [0.717, 1.165) is 48.9 Å². The predicted octanol–water partition coefficient (Wildman–Crippen LogP) is 5.28. The number of nitrogens with one attached hydrogen (secondary N) is 1. The smallest absolute Gasteiger partial charge is 0.546 e. The van der Waals surface area contributed by atoms with Crippen molar-refractivity contribution in [2.45, 2.75) is 97.0 Å². The van der Waals surface area contributed by atoms with Crippen molar-refractivity contribution in [3.8, 4) is 11.5 Å². The first-order valence-electron chi connectivity index (χ1n) is 16.7. The average molecular weight is 675 g/mol. The Bertz CT molecular complexity index is 1410. The first kappa shape index (κ1) is 41.0. The van der Waals surface area contributed by atoms with Gasteiger partial charge in [-0.25, -0.2) is 13.6 Å². The molecule has 0 radical (unpaired) electrons. The maximum Gasteiger partial charge on any atom is 1.00 e. The Hall–Kier alpha value is -3.14. The first-order chi connectivity index (χ1) is 22.5. The molecule has 0 aromatic heterocycles. The molecule has 0 spiro atoms. The van der Waals surface area contributed by atoms with E-state index in [0.29, 0.717) is 24.0 Å². The number of amides is 2. The van der Waals surface area contributed by atoms with Crippen molar-refractivity contribution in [1.82, 2.24) is 4.90 Å². The van der Waals surface area contributed by atoms with Gasteiger partial charge in [0.25, 0.3) is 0 Å². The Morgan fingerprint density at radius 1 is 0.854 bits per heavy atom. The summed E-state index contributed by atoms with van der Waals surface area (Å²) in [4.78, 5) is 26.8. The molecule has 1 unspecified atom stereocenters. The van der Waals surface area contributed by atoms with Crippen molar-refractivity contribution in [2.75, 3.05) is 25.0 Å². The van der Waals surface area contributed by atoms with Crippen LogP contribution in [0.4, 0.5) is 19.3 Å². The Kier molecular flexibility index (Phi) is 18.0. The molecule has 0 aliphatic rings. The molecule has 0 heterocycles. The molecule has 3 aromatic rings. The molecular weight excluding hydrogens is 625 g/mol. The molecule has 0 fully saturated rings. The summed E-state index contributed by atoms with van der Waals surface area (Å²) in [5, 5.41) is 14.7. The number of carboxylic acids is 1. The Labute approximate surface area is 306 Å². The number of rotatable bonds is 20. The standard InChI is InChI=1S/C38H50F2N2O5.Na/c1-5-6-7-8-9-10-11-12-23-42(37(45)41-35-22-17-31(39)26-34(35)40)24-25-46-32-18-13-29(14-19-32)27-38(4,36(43)44)47-33-20-15-30(16-21-33)28(2)3;/h13-22,26,28H,5-12,23-25,27H2,1-4H3,(H,41,45)(H,43,44);/q;+1/p-1. The molecule has 48 heavy (non-hydrogen) atoms. The fraction of sp³-hybridized carbons (Fsp3) is 0.474. The maximum atomic E-state index is 14.2. The van der Waals surface area contributed by atoms with Gasteiger partial charge in [-0.05, 0) is 66.8 Å². The van der Waals surface area contributed by atoms with Crippen molar-refractivity contribution in [3.05, 3.63) is 89.5 Å². The normalized spacial score (nSPS) is 12.1. The van der Waals surface area contributed by atoms with Gasteiger partial charge < -0.3 is 29.6 Å². The number of carbonyl (C=O) groups excluding carboxylic acids is 2. The Morgan fingerprint density at radius 3 is 2.04 bits per heavy atom. The van der Waals surface area contributed by atoms with E-state index in [9.17, 15) is 23.5 Å². The molecule has 3 rings (SSSR count). The number of carbonyl (C=O) groups is 2. The molecule has 1 atom stereocenters. The minimum absolute atomic E-state index is 0. The number of nitrogens with zero attached hydrogens (tertiary/aromatic N) is 1. The van der Waals surface area contributed by atoms with Gasteiger partial charge in [0.2, 0.25) is 0 Å². The van der Waals surface area contributed by atoms with Gasteiger partial charge in [0.05, 0.1) is 18.2 Å². The van der Waals surface area contributed by atoms with E-state index in [1.54, 1.807) is 41.3 Å². The van der Waals surface area contributed by atoms with E-state index in [4.69, 9.17) is 9.47 Å². The van der Waals surface area contributed by atoms with Crippen LogP contribution in [0.15, 0.2) is 66.7 Å². The van der Waals surface area contributed by atoms with Crippen molar-refractivity contribution in [1.29, 1.82) is 0 Å². The number of anilines is 1. The van der Waals surface area contributed by atoms with Gasteiger partial charge in [0.1, 0.15) is 35.3 Å². The molecule has 7 nitrogen and oxygen atoms in total. The summed E-state index contributed by atoms with van der Waals surface area (Å²) in [6, 6.07) is 16.9. The van der Waals surface area contributed by atoms with E-state index in [2.05, 4.69) is 26.1 Å². The van der Waals surface area contributed by atoms with Gasteiger partial charge in [-0.3, -0.25) is 0 Å². The number of hydrogen-bond donors (Lipinski definition) is 1. The molecule has 3 aromatic carbocycles. The van der Waals surface area contributed by atoms with E-state index >= 15 is 0 Å². The number of urea groups is 1. The second kappa shape index (κ2) is 21.1. The summed E-state index contributed by atoms with van der Waals surface area (Å²) in [6.07, 6.45) is 8.99. The summed E-state index contributed by atoms with van der Waals surface area (Å²) < 4.78 is 39.4. The Morgan fingerprint density at radius 2 is 1.46 bits per heavy atom. The zero-order valence-corrected chi connectivity index (χ0v) is 31.2. The third-order valence-electron chi connectivity index (χ3n) is 8.16.